The molecule has 0 bridgehead atoms. The van der Waals surface area contributed by atoms with Gasteiger partial charge in [-0.1, -0.05) is 26.8 Å². The molecule has 2 aromatic heterocycles. The van der Waals surface area contributed by atoms with Crippen LogP contribution >= 0.6 is 0 Å². The SMILES string of the molecule is CC(C)(C)c1ccc(NC(=O)c2cccnc2NCc2ccncc2)cc1CCCN1CCOCC1.[HH]. The van der Waals surface area contributed by atoms with Crippen molar-refractivity contribution in [2.75, 3.05) is 43.5 Å². The lowest BCUT2D eigenvalue weighted by Gasteiger charge is -2.27. The number of aromatic nitrogens is 2. The van der Waals surface area contributed by atoms with Gasteiger partial charge in [0.05, 0.1) is 18.8 Å². The molecule has 4 rings (SSSR count). The van der Waals surface area contributed by atoms with E-state index in [0.29, 0.717) is 17.9 Å². The van der Waals surface area contributed by atoms with Crippen LogP contribution in [0.15, 0.2) is 61.1 Å². The number of hydrogen-bond acceptors (Lipinski definition) is 6. The van der Waals surface area contributed by atoms with Crippen molar-refractivity contribution < 1.29 is 11.0 Å². The van der Waals surface area contributed by atoms with Crippen LogP contribution in [0.25, 0.3) is 0 Å². The van der Waals surface area contributed by atoms with Crippen LogP contribution in [-0.4, -0.2) is 53.6 Å². The number of ether oxygens (including phenoxy) is 1. The average molecular weight is 490 g/mol. The zero-order valence-electron chi connectivity index (χ0n) is 21.6. The number of carbonyl (C=O) groups is 1. The van der Waals surface area contributed by atoms with Gasteiger partial charge in [-0.3, -0.25) is 14.7 Å². The Kier molecular flexibility index (Phi) is 8.67. The number of hydrogen-bond donors (Lipinski definition) is 2. The zero-order chi connectivity index (χ0) is 25.4. The average Bonchev–Trinajstić information content (AvgIpc) is 2.88. The third kappa shape index (κ3) is 7.12. The molecule has 0 unspecified atom stereocenters. The number of benzene rings is 1. The third-order valence-electron chi connectivity index (χ3n) is 6.46. The lowest BCUT2D eigenvalue weighted by atomic mass is 9.82. The fourth-order valence-corrected chi connectivity index (χ4v) is 4.54. The second-order valence-electron chi connectivity index (χ2n) is 10.2. The molecular formula is C29H39N5O2. The molecule has 36 heavy (non-hydrogen) atoms. The van der Waals surface area contributed by atoms with E-state index in [1.807, 2.05) is 18.2 Å². The first-order valence-electron chi connectivity index (χ1n) is 12.7. The summed E-state index contributed by atoms with van der Waals surface area (Å²) in [6.07, 6.45) is 7.24. The normalized spacial score (nSPS) is 14.4. The van der Waals surface area contributed by atoms with E-state index in [-0.39, 0.29) is 12.7 Å². The number of carbonyl (C=O) groups excluding carboxylic acids is 1. The number of rotatable bonds is 9. The number of nitrogens with one attached hydrogen (secondary N) is 2. The van der Waals surface area contributed by atoms with E-state index < -0.39 is 0 Å². The Morgan fingerprint density at radius 2 is 1.86 bits per heavy atom. The van der Waals surface area contributed by atoms with Gasteiger partial charge in [-0.15, -0.1) is 0 Å². The molecular weight excluding hydrogens is 450 g/mol. The van der Waals surface area contributed by atoms with Crippen LogP contribution in [0.3, 0.4) is 0 Å². The molecule has 1 aliphatic rings. The summed E-state index contributed by atoms with van der Waals surface area (Å²) in [4.78, 5) is 24.2. The molecule has 1 saturated heterocycles. The van der Waals surface area contributed by atoms with Crippen LogP contribution in [0.5, 0.6) is 0 Å². The highest BCUT2D eigenvalue weighted by atomic mass is 16.5. The van der Waals surface area contributed by atoms with E-state index >= 15 is 0 Å². The van der Waals surface area contributed by atoms with Gasteiger partial charge in [0.15, 0.2) is 0 Å². The predicted molar refractivity (Wildman–Crippen MR) is 147 cm³/mol. The molecule has 1 fully saturated rings. The Labute approximate surface area is 215 Å². The van der Waals surface area contributed by atoms with Gasteiger partial charge in [0, 0.05) is 45.3 Å². The fraction of sp³-hybridized carbons (Fsp3) is 0.414. The van der Waals surface area contributed by atoms with Crippen molar-refractivity contribution in [3.8, 4) is 0 Å². The zero-order valence-corrected chi connectivity index (χ0v) is 21.6. The number of aryl methyl sites for hydroxylation is 1. The summed E-state index contributed by atoms with van der Waals surface area (Å²) < 4.78 is 5.47. The minimum atomic E-state index is -0.178. The Morgan fingerprint density at radius 3 is 2.61 bits per heavy atom. The first-order valence-corrected chi connectivity index (χ1v) is 12.7. The maximum absolute atomic E-state index is 13.2. The Balaban J connectivity index is 0.00000380. The van der Waals surface area contributed by atoms with Gasteiger partial charge >= 0.3 is 0 Å². The van der Waals surface area contributed by atoms with Crippen molar-refractivity contribution >= 4 is 17.4 Å². The monoisotopic (exact) mass is 489 g/mol. The van der Waals surface area contributed by atoms with Crippen LogP contribution in [0.2, 0.25) is 0 Å². The van der Waals surface area contributed by atoms with Gasteiger partial charge in [0.25, 0.3) is 5.91 Å². The number of anilines is 2. The molecule has 7 heteroatoms. The molecule has 2 N–H and O–H groups in total. The molecule has 3 aromatic rings. The molecule has 0 saturated carbocycles. The van der Waals surface area contributed by atoms with Crippen LogP contribution in [0.1, 0.15) is 55.7 Å². The molecule has 0 atom stereocenters. The quantitative estimate of drug-likeness (QED) is 0.433. The predicted octanol–water partition coefficient (Wildman–Crippen LogP) is 5.15. The summed E-state index contributed by atoms with van der Waals surface area (Å²) in [5.41, 5.74) is 5.03. The minimum absolute atomic E-state index is 0. The van der Waals surface area contributed by atoms with E-state index in [1.165, 1.54) is 11.1 Å². The van der Waals surface area contributed by atoms with Crippen molar-refractivity contribution in [1.29, 1.82) is 0 Å². The van der Waals surface area contributed by atoms with Crippen LogP contribution in [-0.2, 0) is 23.1 Å². The smallest absolute Gasteiger partial charge is 0.259 e. The number of morpholine rings is 1. The third-order valence-corrected chi connectivity index (χ3v) is 6.46. The van der Waals surface area contributed by atoms with Gasteiger partial charge in [0.1, 0.15) is 5.82 Å². The van der Waals surface area contributed by atoms with Crippen LogP contribution in [0, 0.1) is 0 Å². The maximum atomic E-state index is 13.2. The highest BCUT2D eigenvalue weighted by Crippen LogP contribution is 2.29. The first kappa shape index (κ1) is 25.8. The Morgan fingerprint density at radius 1 is 1.08 bits per heavy atom. The molecule has 1 aromatic carbocycles. The summed E-state index contributed by atoms with van der Waals surface area (Å²) in [5.74, 6) is 0.381. The molecule has 1 amide bonds. The molecule has 0 aliphatic carbocycles. The van der Waals surface area contributed by atoms with Gasteiger partial charge < -0.3 is 15.4 Å². The molecule has 1 aliphatic heterocycles. The van der Waals surface area contributed by atoms with Crippen LogP contribution in [0.4, 0.5) is 11.5 Å². The molecule has 0 radical (unpaired) electrons. The summed E-state index contributed by atoms with van der Waals surface area (Å²) in [7, 11) is 0. The first-order chi connectivity index (χ1) is 17.4. The Bertz CT molecular complexity index is 1140. The van der Waals surface area contributed by atoms with Gasteiger partial charge in [-0.2, -0.15) is 0 Å². The van der Waals surface area contributed by atoms with E-state index in [9.17, 15) is 4.79 Å². The van der Waals surface area contributed by atoms with Crippen molar-refractivity contribution in [3.63, 3.8) is 0 Å². The van der Waals surface area contributed by atoms with E-state index in [1.54, 1.807) is 30.7 Å². The lowest BCUT2D eigenvalue weighted by Crippen LogP contribution is -2.37. The second-order valence-corrected chi connectivity index (χ2v) is 10.2. The van der Waals surface area contributed by atoms with E-state index in [4.69, 9.17) is 4.74 Å². The number of nitrogens with zero attached hydrogens (tertiary/aromatic N) is 3. The molecule has 192 valence electrons. The molecule has 3 heterocycles. The number of pyridine rings is 2. The lowest BCUT2D eigenvalue weighted by molar-refractivity contribution is 0.0374. The standard InChI is InChI=1S/C29H37N5O2.H2/c1-29(2,3)26-9-8-24(20-23(26)6-5-15-34-16-18-36-19-17-34)33-28(35)25-7-4-12-31-27(25)32-21-22-10-13-30-14-11-22;/h4,7-14,20H,5-6,15-19,21H2,1-3H3,(H,31,32)(H,33,35);1H. The number of amides is 1. The van der Waals surface area contributed by atoms with Crippen molar-refractivity contribution in [3.05, 3.63) is 83.3 Å². The summed E-state index contributed by atoms with van der Waals surface area (Å²) in [6, 6.07) is 13.8. The molecule has 0 spiro atoms. The van der Waals surface area contributed by atoms with E-state index in [2.05, 4.69) is 58.4 Å². The van der Waals surface area contributed by atoms with Crippen LogP contribution < -0.4 is 10.6 Å². The minimum Gasteiger partial charge on any atom is -0.379 e. The summed E-state index contributed by atoms with van der Waals surface area (Å²) in [5, 5.41) is 6.38. The van der Waals surface area contributed by atoms with Crippen molar-refractivity contribution in [2.45, 2.75) is 45.6 Å². The topological polar surface area (TPSA) is 79.4 Å². The van der Waals surface area contributed by atoms with Gasteiger partial charge in [-0.05, 0) is 77.9 Å². The Hall–Kier alpha value is -3.29. The van der Waals surface area contributed by atoms with E-state index in [0.717, 1.165) is 56.9 Å². The highest BCUT2D eigenvalue weighted by molar-refractivity contribution is 6.07. The van der Waals surface area contributed by atoms with Crippen molar-refractivity contribution in [2.24, 2.45) is 0 Å². The largest absolute Gasteiger partial charge is 0.379 e. The summed E-state index contributed by atoms with van der Waals surface area (Å²) in [6.45, 7) is 12.0. The van der Waals surface area contributed by atoms with Crippen molar-refractivity contribution in [1.82, 2.24) is 14.9 Å². The van der Waals surface area contributed by atoms with Gasteiger partial charge in [-0.25, -0.2) is 4.98 Å². The molecule has 7 nitrogen and oxygen atoms in total. The second kappa shape index (κ2) is 12.1. The fourth-order valence-electron chi connectivity index (χ4n) is 4.54. The summed E-state index contributed by atoms with van der Waals surface area (Å²) >= 11 is 0. The highest BCUT2D eigenvalue weighted by Gasteiger charge is 2.20. The van der Waals surface area contributed by atoms with Gasteiger partial charge in [0.2, 0.25) is 0 Å². The maximum Gasteiger partial charge on any atom is 0.259 e.